The van der Waals surface area contributed by atoms with Crippen molar-refractivity contribution < 1.29 is 19.8 Å². The van der Waals surface area contributed by atoms with E-state index in [0.717, 1.165) is 0 Å². The molecule has 0 bridgehead atoms. The van der Waals surface area contributed by atoms with E-state index in [-0.39, 0.29) is 11.5 Å². The molecule has 6 heteroatoms. The average molecular weight is 246 g/mol. The number of carboxylic acids is 1. The monoisotopic (exact) mass is 246 g/mol. The smallest absolute Gasteiger partial charge is 0.328 e. The third-order valence-electron chi connectivity index (χ3n) is 2.93. The highest BCUT2D eigenvalue weighted by molar-refractivity contribution is 5.82. The molecule has 0 aliphatic heterocycles. The number of carbonyl (C=O) groups excluding carboxylic acids is 1. The van der Waals surface area contributed by atoms with Gasteiger partial charge in [0.25, 0.3) is 0 Å². The second kappa shape index (κ2) is 5.86. The molecule has 0 heterocycles. The first-order valence-corrected chi connectivity index (χ1v) is 5.48. The Morgan fingerprint density at radius 1 is 1.35 bits per heavy atom. The molecule has 1 unspecified atom stereocenters. The molecule has 6 nitrogen and oxygen atoms in total. The lowest BCUT2D eigenvalue weighted by Crippen LogP contribution is -2.53. The van der Waals surface area contributed by atoms with Crippen molar-refractivity contribution in [3.8, 4) is 0 Å². The number of carboxylic acid groups (broad SMARTS) is 1. The van der Waals surface area contributed by atoms with Crippen molar-refractivity contribution in [3.63, 3.8) is 0 Å². The fraction of sp³-hybridized carbons (Fsp3) is 0.818. The Labute approximate surface area is 102 Å². The summed E-state index contributed by atoms with van der Waals surface area (Å²) in [6.07, 6.45) is 0. The summed E-state index contributed by atoms with van der Waals surface area (Å²) in [6.45, 7) is 7.22. The van der Waals surface area contributed by atoms with Crippen LogP contribution in [0.15, 0.2) is 0 Å². The second-order valence-electron chi connectivity index (χ2n) is 5.18. The van der Waals surface area contributed by atoms with Crippen molar-refractivity contribution in [2.45, 2.75) is 39.8 Å². The van der Waals surface area contributed by atoms with E-state index in [1.807, 2.05) is 27.7 Å². The molecule has 0 aliphatic carbocycles. The van der Waals surface area contributed by atoms with Gasteiger partial charge in [-0.25, -0.2) is 9.59 Å². The van der Waals surface area contributed by atoms with Crippen LogP contribution in [-0.2, 0) is 4.79 Å². The standard InChI is InChI=1S/C11H22N2O4/c1-7(11(2,3)4)13(5)10(17)12-8(6-14)9(15)16/h7-8,14H,6H2,1-5H3,(H,12,17)(H,15,16)/t7?,8-/m1/s1. The second-order valence-corrected chi connectivity index (χ2v) is 5.18. The first-order valence-electron chi connectivity index (χ1n) is 5.48. The van der Waals surface area contributed by atoms with E-state index in [1.165, 1.54) is 4.90 Å². The van der Waals surface area contributed by atoms with Gasteiger partial charge in [0.1, 0.15) is 0 Å². The Balaban J connectivity index is 4.56. The number of amides is 2. The molecule has 0 fully saturated rings. The zero-order valence-corrected chi connectivity index (χ0v) is 11.0. The molecule has 0 saturated carbocycles. The van der Waals surface area contributed by atoms with Crippen LogP contribution in [0.4, 0.5) is 4.79 Å². The van der Waals surface area contributed by atoms with E-state index in [2.05, 4.69) is 5.32 Å². The third kappa shape index (κ3) is 4.60. The zero-order valence-electron chi connectivity index (χ0n) is 11.0. The topological polar surface area (TPSA) is 89.9 Å². The number of hydrogen-bond acceptors (Lipinski definition) is 3. The van der Waals surface area contributed by atoms with Crippen LogP contribution >= 0.6 is 0 Å². The number of hydrogen-bond donors (Lipinski definition) is 3. The van der Waals surface area contributed by atoms with Gasteiger partial charge >= 0.3 is 12.0 Å². The molecule has 17 heavy (non-hydrogen) atoms. The Bertz CT molecular complexity index is 286. The lowest BCUT2D eigenvalue weighted by molar-refractivity contribution is -0.140. The predicted octanol–water partition coefficient (Wildman–Crippen LogP) is 0.508. The number of carbonyl (C=O) groups is 2. The number of aliphatic hydroxyl groups excluding tert-OH is 1. The molecule has 0 saturated heterocycles. The highest BCUT2D eigenvalue weighted by Crippen LogP contribution is 2.22. The summed E-state index contributed by atoms with van der Waals surface area (Å²) in [6, 6.07) is -1.83. The van der Waals surface area contributed by atoms with Crippen LogP contribution in [0.1, 0.15) is 27.7 Å². The number of nitrogens with one attached hydrogen (secondary N) is 1. The molecule has 0 radical (unpaired) electrons. The maximum absolute atomic E-state index is 11.7. The van der Waals surface area contributed by atoms with Crippen molar-refractivity contribution >= 4 is 12.0 Å². The van der Waals surface area contributed by atoms with Crippen molar-refractivity contribution in [1.82, 2.24) is 10.2 Å². The van der Waals surface area contributed by atoms with E-state index >= 15 is 0 Å². The number of urea groups is 1. The van der Waals surface area contributed by atoms with E-state index in [4.69, 9.17) is 10.2 Å². The maximum atomic E-state index is 11.7. The molecule has 0 rings (SSSR count). The normalized spacial score (nSPS) is 14.9. The molecule has 3 N–H and O–H groups in total. The number of nitrogens with zero attached hydrogens (tertiary/aromatic N) is 1. The molecule has 0 aromatic rings. The van der Waals surface area contributed by atoms with Crippen LogP contribution in [-0.4, -0.2) is 52.9 Å². The van der Waals surface area contributed by atoms with Crippen LogP contribution in [0, 0.1) is 5.41 Å². The predicted molar refractivity (Wildman–Crippen MR) is 63.7 cm³/mol. The Morgan fingerprint density at radius 3 is 2.12 bits per heavy atom. The van der Waals surface area contributed by atoms with E-state index in [9.17, 15) is 9.59 Å². The summed E-state index contributed by atoms with van der Waals surface area (Å²) in [4.78, 5) is 23.8. The Kier molecular flexibility index (Phi) is 5.41. The fourth-order valence-electron chi connectivity index (χ4n) is 1.19. The number of aliphatic carboxylic acids is 1. The SMILES string of the molecule is CC(N(C)C(=O)N[C@H](CO)C(=O)O)C(C)(C)C. The number of aliphatic hydroxyl groups is 1. The Morgan fingerprint density at radius 2 is 1.82 bits per heavy atom. The fourth-order valence-corrected chi connectivity index (χ4v) is 1.19. The third-order valence-corrected chi connectivity index (χ3v) is 2.93. The van der Waals surface area contributed by atoms with Gasteiger partial charge in [0.15, 0.2) is 6.04 Å². The minimum Gasteiger partial charge on any atom is -0.480 e. The van der Waals surface area contributed by atoms with Gasteiger partial charge in [-0.1, -0.05) is 20.8 Å². The molecule has 100 valence electrons. The minimum absolute atomic E-state index is 0.0596. The lowest BCUT2D eigenvalue weighted by atomic mass is 9.87. The number of rotatable bonds is 4. The van der Waals surface area contributed by atoms with Gasteiger partial charge in [-0.05, 0) is 12.3 Å². The zero-order chi connectivity index (χ0) is 13.8. The van der Waals surface area contributed by atoms with Gasteiger partial charge < -0.3 is 20.4 Å². The largest absolute Gasteiger partial charge is 0.480 e. The summed E-state index contributed by atoms with van der Waals surface area (Å²) in [5.74, 6) is -1.25. The van der Waals surface area contributed by atoms with Gasteiger partial charge in [-0.3, -0.25) is 0 Å². The maximum Gasteiger partial charge on any atom is 0.328 e. The highest BCUT2D eigenvalue weighted by Gasteiger charge is 2.29. The molecule has 0 aliphatic rings. The van der Waals surface area contributed by atoms with Gasteiger partial charge in [0.2, 0.25) is 0 Å². The summed E-state index contributed by atoms with van der Waals surface area (Å²) in [5, 5.41) is 19.8. The van der Waals surface area contributed by atoms with E-state index in [1.54, 1.807) is 7.05 Å². The lowest BCUT2D eigenvalue weighted by Gasteiger charge is -2.35. The average Bonchev–Trinajstić information content (AvgIpc) is 2.21. The minimum atomic E-state index is -1.27. The summed E-state index contributed by atoms with van der Waals surface area (Å²) < 4.78 is 0. The van der Waals surface area contributed by atoms with E-state index < -0.39 is 24.6 Å². The van der Waals surface area contributed by atoms with Gasteiger partial charge in [0.05, 0.1) is 6.61 Å². The molecule has 0 spiro atoms. The van der Waals surface area contributed by atoms with Crippen LogP contribution in [0.25, 0.3) is 0 Å². The molecular formula is C11H22N2O4. The van der Waals surface area contributed by atoms with Crippen LogP contribution in [0.5, 0.6) is 0 Å². The molecule has 2 amide bonds. The van der Waals surface area contributed by atoms with Gasteiger partial charge in [-0.2, -0.15) is 0 Å². The first-order chi connectivity index (χ1) is 7.61. The van der Waals surface area contributed by atoms with Crippen LogP contribution in [0.3, 0.4) is 0 Å². The highest BCUT2D eigenvalue weighted by atomic mass is 16.4. The summed E-state index contributed by atoms with van der Waals surface area (Å²) in [5.41, 5.74) is -0.107. The van der Waals surface area contributed by atoms with Gasteiger partial charge in [0, 0.05) is 13.1 Å². The first kappa shape index (κ1) is 15.7. The molecule has 0 aromatic carbocycles. The molecule has 2 atom stereocenters. The van der Waals surface area contributed by atoms with Crippen molar-refractivity contribution in [3.05, 3.63) is 0 Å². The van der Waals surface area contributed by atoms with E-state index in [0.29, 0.717) is 0 Å². The molecular weight excluding hydrogens is 224 g/mol. The van der Waals surface area contributed by atoms with Crippen molar-refractivity contribution in [1.29, 1.82) is 0 Å². The summed E-state index contributed by atoms with van der Waals surface area (Å²) >= 11 is 0. The van der Waals surface area contributed by atoms with Crippen LogP contribution < -0.4 is 5.32 Å². The van der Waals surface area contributed by atoms with Gasteiger partial charge in [-0.15, -0.1) is 0 Å². The van der Waals surface area contributed by atoms with Crippen LogP contribution in [0.2, 0.25) is 0 Å². The summed E-state index contributed by atoms with van der Waals surface area (Å²) in [7, 11) is 1.60. The Hall–Kier alpha value is -1.30. The van der Waals surface area contributed by atoms with Crippen molar-refractivity contribution in [2.75, 3.05) is 13.7 Å². The van der Waals surface area contributed by atoms with Crippen molar-refractivity contribution in [2.24, 2.45) is 5.41 Å². The molecule has 0 aromatic heterocycles. The quantitative estimate of drug-likeness (QED) is 0.674.